The molecule has 1 aromatic carbocycles. The molecule has 0 fully saturated rings. The van der Waals surface area contributed by atoms with Gasteiger partial charge in [-0.05, 0) is 36.2 Å². The monoisotopic (exact) mass is 310 g/mol. The average molecular weight is 310 g/mol. The van der Waals surface area contributed by atoms with Crippen LogP contribution in [0.25, 0.3) is 5.69 Å². The zero-order valence-electron chi connectivity index (χ0n) is 12.4. The van der Waals surface area contributed by atoms with Crippen LogP contribution in [0.1, 0.15) is 21.5 Å². The SMILES string of the molecule is Cc1ccn(Cc2ccc(-n3cncn3)cc2)c(=O)c1C(=O)O. The van der Waals surface area contributed by atoms with Gasteiger partial charge in [-0.3, -0.25) is 4.79 Å². The molecular formula is C16H14N4O3. The van der Waals surface area contributed by atoms with Gasteiger partial charge in [0.2, 0.25) is 0 Å². The maximum atomic E-state index is 12.2. The summed E-state index contributed by atoms with van der Waals surface area (Å²) in [7, 11) is 0. The molecule has 2 aromatic heterocycles. The van der Waals surface area contributed by atoms with E-state index in [9.17, 15) is 9.59 Å². The maximum Gasteiger partial charge on any atom is 0.341 e. The van der Waals surface area contributed by atoms with Gasteiger partial charge in [-0.2, -0.15) is 5.10 Å². The molecule has 3 aromatic rings. The van der Waals surface area contributed by atoms with Crippen LogP contribution in [-0.2, 0) is 6.54 Å². The Hall–Kier alpha value is -3.22. The normalized spacial score (nSPS) is 10.7. The van der Waals surface area contributed by atoms with E-state index >= 15 is 0 Å². The summed E-state index contributed by atoms with van der Waals surface area (Å²) in [6, 6.07) is 9.09. The number of hydrogen-bond donors (Lipinski definition) is 1. The van der Waals surface area contributed by atoms with Crippen LogP contribution in [0, 0.1) is 6.92 Å². The van der Waals surface area contributed by atoms with Crippen molar-refractivity contribution in [3.05, 3.63) is 76.2 Å². The first kappa shape index (κ1) is 14.7. The van der Waals surface area contributed by atoms with Crippen molar-refractivity contribution in [1.82, 2.24) is 19.3 Å². The molecule has 3 rings (SSSR count). The first-order valence-electron chi connectivity index (χ1n) is 6.93. The first-order valence-corrected chi connectivity index (χ1v) is 6.93. The molecule has 0 atom stereocenters. The smallest absolute Gasteiger partial charge is 0.341 e. The van der Waals surface area contributed by atoms with Crippen LogP contribution >= 0.6 is 0 Å². The second kappa shape index (κ2) is 5.88. The summed E-state index contributed by atoms with van der Waals surface area (Å²) in [5.74, 6) is -1.21. The standard InChI is InChI=1S/C16H14N4O3/c1-11-6-7-19(15(21)14(11)16(22)23)8-12-2-4-13(5-3-12)20-10-17-9-18-20/h2-7,9-10H,8H2,1H3,(H,22,23). The minimum absolute atomic E-state index is 0.188. The summed E-state index contributed by atoms with van der Waals surface area (Å²) < 4.78 is 3.02. The number of aromatic carboxylic acids is 1. The molecule has 23 heavy (non-hydrogen) atoms. The van der Waals surface area contributed by atoms with E-state index in [1.54, 1.807) is 30.2 Å². The van der Waals surface area contributed by atoms with E-state index in [1.807, 2.05) is 24.3 Å². The summed E-state index contributed by atoms with van der Waals surface area (Å²) in [5.41, 5.74) is 1.51. The lowest BCUT2D eigenvalue weighted by Crippen LogP contribution is -2.27. The van der Waals surface area contributed by atoms with Gasteiger partial charge < -0.3 is 9.67 Å². The van der Waals surface area contributed by atoms with E-state index in [0.717, 1.165) is 11.3 Å². The summed E-state index contributed by atoms with van der Waals surface area (Å²) in [5, 5.41) is 13.2. The number of carbonyl (C=O) groups is 1. The van der Waals surface area contributed by atoms with Crippen LogP contribution in [0.2, 0.25) is 0 Å². The Balaban J connectivity index is 1.89. The number of aryl methyl sites for hydroxylation is 1. The van der Waals surface area contributed by atoms with Gasteiger partial charge >= 0.3 is 5.97 Å². The summed E-state index contributed by atoms with van der Waals surface area (Å²) in [6.07, 6.45) is 4.65. The Bertz CT molecular complexity index is 896. The predicted molar refractivity (Wildman–Crippen MR) is 82.9 cm³/mol. The molecule has 0 amide bonds. The third kappa shape index (κ3) is 2.89. The molecular weight excluding hydrogens is 296 g/mol. The van der Waals surface area contributed by atoms with Gasteiger partial charge in [0, 0.05) is 6.20 Å². The Morgan fingerprint density at radius 2 is 1.96 bits per heavy atom. The van der Waals surface area contributed by atoms with Crippen LogP contribution in [-0.4, -0.2) is 30.4 Å². The molecule has 7 heteroatoms. The van der Waals surface area contributed by atoms with E-state index < -0.39 is 11.5 Å². The molecule has 0 saturated heterocycles. The Morgan fingerprint density at radius 1 is 1.22 bits per heavy atom. The van der Waals surface area contributed by atoms with Crippen LogP contribution in [0.15, 0.2) is 54.0 Å². The molecule has 1 N–H and O–H groups in total. The van der Waals surface area contributed by atoms with Crippen LogP contribution in [0.4, 0.5) is 0 Å². The molecule has 116 valence electrons. The van der Waals surface area contributed by atoms with Crippen molar-refractivity contribution in [3.63, 3.8) is 0 Å². The fraction of sp³-hybridized carbons (Fsp3) is 0.125. The number of aromatic nitrogens is 4. The minimum atomic E-state index is -1.21. The quantitative estimate of drug-likeness (QED) is 0.788. The number of pyridine rings is 1. The van der Waals surface area contributed by atoms with E-state index in [4.69, 9.17) is 5.11 Å². The van der Waals surface area contributed by atoms with Crippen molar-refractivity contribution in [3.8, 4) is 5.69 Å². The molecule has 0 saturated carbocycles. The number of hydrogen-bond acceptors (Lipinski definition) is 4. The molecule has 0 spiro atoms. The zero-order valence-corrected chi connectivity index (χ0v) is 12.4. The molecule has 0 radical (unpaired) electrons. The largest absolute Gasteiger partial charge is 0.477 e. The summed E-state index contributed by atoms with van der Waals surface area (Å²) in [4.78, 5) is 27.3. The number of carboxylic acid groups (broad SMARTS) is 1. The van der Waals surface area contributed by atoms with Crippen molar-refractivity contribution in [1.29, 1.82) is 0 Å². The van der Waals surface area contributed by atoms with Crippen LogP contribution in [0.3, 0.4) is 0 Å². The third-order valence-corrected chi connectivity index (χ3v) is 3.56. The zero-order chi connectivity index (χ0) is 16.4. The average Bonchev–Trinajstić information content (AvgIpc) is 3.05. The third-order valence-electron chi connectivity index (χ3n) is 3.56. The van der Waals surface area contributed by atoms with E-state index in [0.29, 0.717) is 12.1 Å². The highest BCUT2D eigenvalue weighted by atomic mass is 16.4. The Labute approximate surface area is 131 Å². The highest BCUT2D eigenvalue weighted by Gasteiger charge is 2.14. The fourth-order valence-corrected chi connectivity index (χ4v) is 2.34. The van der Waals surface area contributed by atoms with E-state index in [2.05, 4.69) is 10.1 Å². The fourth-order valence-electron chi connectivity index (χ4n) is 2.34. The summed E-state index contributed by atoms with van der Waals surface area (Å²) >= 11 is 0. The van der Waals surface area contributed by atoms with Gasteiger partial charge in [0.25, 0.3) is 5.56 Å². The Kier molecular flexibility index (Phi) is 3.76. The first-order chi connectivity index (χ1) is 11.1. The van der Waals surface area contributed by atoms with Crippen molar-refractivity contribution >= 4 is 5.97 Å². The van der Waals surface area contributed by atoms with Crippen molar-refractivity contribution in [2.75, 3.05) is 0 Å². The molecule has 0 aliphatic carbocycles. The van der Waals surface area contributed by atoms with E-state index in [1.165, 1.54) is 10.9 Å². The van der Waals surface area contributed by atoms with Crippen LogP contribution in [0.5, 0.6) is 0 Å². The second-order valence-corrected chi connectivity index (χ2v) is 5.12. The summed E-state index contributed by atoms with van der Waals surface area (Å²) in [6.45, 7) is 1.92. The lowest BCUT2D eigenvalue weighted by atomic mass is 10.1. The van der Waals surface area contributed by atoms with Gasteiger partial charge in [-0.25, -0.2) is 14.5 Å². The number of rotatable bonds is 4. The van der Waals surface area contributed by atoms with Crippen LogP contribution < -0.4 is 5.56 Å². The highest BCUT2D eigenvalue weighted by molar-refractivity contribution is 5.88. The van der Waals surface area contributed by atoms with Crippen molar-refractivity contribution in [2.24, 2.45) is 0 Å². The molecule has 7 nitrogen and oxygen atoms in total. The lowest BCUT2D eigenvalue weighted by molar-refractivity contribution is 0.0693. The topological polar surface area (TPSA) is 90.0 Å². The molecule has 0 aliphatic heterocycles. The Morgan fingerprint density at radius 3 is 2.57 bits per heavy atom. The molecule has 0 aliphatic rings. The van der Waals surface area contributed by atoms with Gasteiger partial charge in [0.05, 0.1) is 12.2 Å². The predicted octanol–water partition coefficient (Wildman–Crippen LogP) is 1.48. The van der Waals surface area contributed by atoms with Gasteiger partial charge in [-0.15, -0.1) is 0 Å². The minimum Gasteiger partial charge on any atom is -0.477 e. The van der Waals surface area contributed by atoms with Gasteiger partial charge in [-0.1, -0.05) is 12.1 Å². The molecule has 2 heterocycles. The van der Waals surface area contributed by atoms with Crippen molar-refractivity contribution in [2.45, 2.75) is 13.5 Å². The second-order valence-electron chi connectivity index (χ2n) is 5.12. The van der Waals surface area contributed by atoms with Crippen molar-refractivity contribution < 1.29 is 9.90 Å². The lowest BCUT2D eigenvalue weighted by Gasteiger charge is -2.09. The van der Waals surface area contributed by atoms with Gasteiger partial charge in [0.1, 0.15) is 18.2 Å². The number of carboxylic acids is 1. The maximum absolute atomic E-state index is 12.2. The number of benzene rings is 1. The number of nitrogens with zero attached hydrogens (tertiary/aromatic N) is 4. The highest BCUT2D eigenvalue weighted by Crippen LogP contribution is 2.10. The van der Waals surface area contributed by atoms with E-state index in [-0.39, 0.29) is 5.56 Å². The van der Waals surface area contributed by atoms with Gasteiger partial charge in [0.15, 0.2) is 0 Å². The molecule has 0 bridgehead atoms. The molecule has 0 unspecified atom stereocenters.